The molecule has 0 spiro atoms. The van der Waals surface area contributed by atoms with E-state index >= 15 is 0 Å². The normalized spacial score (nSPS) is 9.00. The Morgan fingerprint density at radius 2 is 1.10 bits per heavy atom. The van der Waals surface area contributed by atoms with E-state index in [0.29, 0.717) is 0 Å². The molecule has 0 saturated carbocycles. The van der Waals surface area contributed by atoms with E-state index in [1.807, 2.05) is 0 Å². The zero-order chi connectivity index (χ0) is 8.41. The Morgan fingerprint density at radius 3 is 1.10 bits per heavy atom. The van der Waals surface area contributed by atoms with E-state index in [0.717, 1.165) is 8.58 Å². The summed E-state index contributed by atoms with van der Waals surface area (Å²) in [5, 5.41) is 0. The van der Waals surface area contributed by atoms with Gasteiger partial charge in [-0.15, -0.1) is 8.58 Å². The zero-order valence-electron chi connectivity index (χ0n) is 7.30. The van der Waals surface area contributed by atoms with Crippen LogP contribution in [-0.2, 0) is 13.3 Å². The zero-order valence-corrected chi connectivity index (χ0v) is 9.46. The molecule has 0 aliphatic heterocycles. The van der Waals surface area contributed by atoms with E-state index in [1.165, 1.54) is 0 Å². The summed E-state index contributed by atoms with van der Waals surface area (Å²) >= 11 is 0. The van der Waals surface area contributed by atoms with Gasteiger partial charge in [-0.05, 0) is 13.3 Å². The lowest BCUT2D eigenvalue weighted by atomic mass is 11.8. The predicted molar refractivity (Wildman–Crippen MR) is 48.3 cm³/mol. The largest absolute Gasteiger partial charge is 0.483 e. The van der Waals surface area contributed by atoms with Crippen LogP contribution in [0.25, 0.3) is 0 Å². The molecule has 0 aliphatic carbocycles. The maximum Gasteiger partial charge on any atom is 0.483 e. The first-order valence-electron chi connectivity index (χ1n) is 2.93. The van der Waals surface area contributed by atoms with E-state index in [9.17, 15) is 0 Å². The van der Waals surface area contributed by atoms with E-state index in [1.54, 1.807) is 21.3 Å². The van der Waals surface area contributed by atoms with Gasteiger partial charge in [-0.2, -0.15) is 0 Å². The fourth-order valence-electron chi connectivity index (χ4n) is 0.289. The molecule has 3 nitrogen and oxygen atoms in total. The lowest BCUT2D eigenvalue weighted by Crippen LogP contribution is -2.21. The molecule has 0 saturated heterocycles. The first-order valence-corrected chi connectivity index (χ1v) is 6.35. The lowest BCUT2D eigenvalue weighted by Gasteiger charge is -2.05. The molecule has 0 heterocycles. The number of hydrogen-bond acceptors (Lipinski definition) is 3. The van der Waals surface area contributed by atoms with Crippen LogP contribution in [0.2, 0.25) is 0 Å². The molecule has 0 rings (SSSR count). The topological polar surface area (TPSA) is 27.7 Å². The third-order valence-corrected chi connectivity index (χ3v) is 1.73. The van der Waals surface area contributed by atoms with Gasteiger partial charge in [-0.1, -0.05) is 0 Å². The molecule has 0 radical (unpaired) electrons. The molecule has 0 fully saturated rings. The van der Waals surface area contributed by atoms with Gasteiger partial charge >= 0.3 is 9.53 Å². The van der Waals surface area contributed by atoms with Gasteiger partial charge in [0.05, 0.1) is 0 Å². The molecule has 0 unspecified atom stereocenters. The van der Waals surface area contributed by atoms with Gasteiger partial charge in [0.1, 0.15) is 0 Å². The summed E-state index contributed by atoms with van der Waals surface area (Å²) in [5.41, 5.74) is 0. The Balaban J connectivity index is 0. The Morgan fingerprint density at radius 1 is 0.900 bits per heavy atom. The predicted octanol–water partition coefficient (Wildman–Crippen LogP) is 0.567. The average Bonchev–Trinajstić information content (AvgIpc) is 1.93. The van der Waals surface area contributed by atoms with Crippen molar-refractivity contribution >= 4 is 18.1 Å². The molecule has 0 bridgehead atoms. The summed E-state index contributed by atoms with van der Waals surface area (Å²) in [4.78, 5) is 0. The minimum Gasteiger partial charge on any atom is -0.379 e. The Kier molecular flexibility index (Phi) is 16.1. The summed E-state index contributed by atoms with van der Waals surface area (Å²) in [6, 6.07) is 0. The molecule has 0 atom stereocenters. The first kappa shape index (κ1) is 13.1. The lowest BCUT2D eigenvalue weighted by molar-refractivity contribution is 0.163. The van der Waals surface area contributed by atoms with Crippen molar-refractivity contribution in [3.05, 3.63) is 0 Å². The van der Waals surface area contributed by atoms with E-state index in [-0.39, 0.29) is 0 Å². The third-order valence-electron chi connectivity index (χ3n) is 0.577. The van der Waals surface area contributed by atoms with Crippen LogP contribution in [0.15, 0.2) is 0 Å². The molecule has 0 N–H and O–H groups in total. The van der Waals surface area contributed by atoms with Crippen LogP contribution < -0.4 is 0 Å². The summed E-state index contributed by atoms with van der Waals surface area (Å²) in [6.07, 6.45) is 0. The van der Waals surface area contributed by atoms with Gasteiger partial charge in [0.15, 0.2) is 0 Å². The second-order valence-electron chi connectivity index (χ2n) is 1.50. The van der Waals surface area contributed by atoms with Crippen LogP contribution in [0.3, 0.4) is 0 Å². The average molecular weight is 184 g/mol. The Hall–Kier alpha value is 0.527. The summed E-state index contributed by atoms with van der Waals surface area (Å²) in [7, 11) is 4.13. The van der Waals surface area contributed by atoms with Crippen molar-refractivity contribution in [2.75, 3.05) is 34.7 Å². The standard InChI is InChI=1S/C3H10O3Si.C2H7P/c1-4-7(5-2)6-3;1-3-2/h7H,1-3H3;3H,1-2H3. The minimum absolute atomic E-state index is 1.08. The van der Waals surface area contributed by atoms with Crippen LogP contribution >= 0.6 is 8.58 Å². The highest BCUT2D eigenvalue weighted by Crippen LogP contribution is 1.84. The van der Waals surface area contributed by atoms with Crippen molar-refractivity contribution in [3.8, 4) is 0 Å². The van der Waals surface area contributed by atoms with Gasteiger partial charge in [-0.25, -0.2) is 0 Å². The third kappa shape index (κ3) is 11.3. The monoisotopic (exact) mass is 184 g/mol. The van der Waals surface area contributed by atoms with Gasteiger partial charge in [-0.3, -0.25) is 0 Å². The summed E-state index contributed by atoms with van der Waals surface area (Å²) in [6.45, 7) is 4.31. The number of rotatable bonds is 3. The molecular formula is C5H17O3PSi. The molecule has 64 valence electrons. The van der Waals surface area contributed by atoms with Crippen molar-refractivity contribution in [2.45, 2.75) is 0 Å². The molecule has 0 aromatic rings. The smallest absolute Gasteiger partial charge is 0.379 e. The maximum absolute atomic E-state index is 4.74. The van der Waals surface area contributed by atoms with E-state index < -0.39 is 9.53 Å². The first-order chi connectivity index (χ1) is 4.76. The van der Waals surface area contributed by atoms with Gasteiger partial charge in [0, 0.05) is 21.3 Å². The van der Waals surface area contributed by atoms with Gasteiger partial charge in [0.25, 0.3) is 0 Å². The van der Waals surface area contributed by atoms with Crippen LogP contribution in [0, 0.1) is 0 Å². The van der Waals surface area contributed by atoms with Crippen molar-refractivity contribution < 1.29 is 13.3 Å². The molecule has 0 aromatic carbocycles. The van der Waals surface area contributed by atoms with Crippen LogP contribution in [-0.4, -0.2) is 44.2 Å². The van der Waals surface area contributed by atoms with E-state index in [2.05, 4.69) is 13.3 Å². The van der Waals surface area contributed by atoms with Crippen molar-refractivity contribution in [1.82, 2.24) is 0 Å². The highest BCUT2D eigenvalue weighted by Gasteiger charge is 2.04. The Bertz CT molecular complexity index is 46.6. The van der Waals surface area contributed by atoms with E-state index in [4.69, 9.17) is 13.3 Å². The molecular weight excluding hydrogens is 167 g/mol. The molecule has 0 aromatic heterocycles. The van der Waals surface area contributed by atoms with Crippen LogP contribution in [0.1, 0.15) is 0 Å². The highest BCUT2D eigenvalue weighted by atomic mass is 31.1. The Labute approximate surface area is 66.8 Å². The van der Waals surface area contributed by atoms with Gasteiger partial charge in [0.2, 0.25) is 0 Å². The van der Waals surface area contributed by atoms with Crippen molar-refractivity contribution in [2.24, 2.45) is 0 Å². The second-order valence-corrected chi connectivity index (χ2v) is 4.49. The van der Waals surface area contributed by atoms with Crippen molar-refractivity contribution in [3.63, 3.8) is 0 Å². The van der Waals surface area contributed by atoms with Crippen molar-refractivity contribution in [1.29, 1.82) is 0 Å². The van der Waals surface area contributed by atoms with Crippen LogP contribution in [0.4, 0.5) is 0 Å². The fourth-order valence-corrected chi connectivity index (χ4v) is 0.866. The van der Waals surface area contributed by atoms with Gasteiger partial charge < -0.3 is 13.3 Å². The quantitative estimate of drug-likeness (QED) is 0.474. The maximum atomic E-state index is 4.74. The minimum atomic E-state index is -1.67. The molecule has 0 amide bonds. The SMILES string of the molecule is CO[SiH](OC)OC.CPC. The fraction of sp³-hybridized carbons (Fsp3) is 1.00. The molecule has 10 heavy (non-hydrogen) atoms. The number of hydrogen-bond donors (Lipinski definition) is 0. The highest BCUT2D eigenvalue weighted by molar-refractivity contribution is 7.35. The second kappa shape index (κ2) is 12.2. The molecule has 0 aliphatic rings. The van der Waals surface area contributed by atoms with Crippen LogP contribution in [0.5, 0.6) is 0 Å². The summed E-state index contributed by atoms with van der Waals surface area (Å²) in [5.74, 6) is 0. The summed E-state index contributed by atoms with van der Waals surface area (Å²) < 4.78 is 14.2. The molecule has 5 heteroatoms.